The van der Waals surface area contributed by atoms with Gasteiger partial charge in [-0.3, -0.25) is 4.79 Å². The van der Waals surface area contributed by atoms with Gasteiger partial charge in [0.25, 0.3) is 5.91 Å². The lowest BCUT2D eigenvalue weighted by Crippen LogP contribution is -2.13. The molecule has 0 saturated carbocycles. The van der Waals surface area contributed by atoms with Crippen LogP contribution >= 0.6 is 11.6 Å². The van der Waals surface area contributed by atoms with Gasteiger partial charge in [-0.2, -0.15) is 0 Å². The number of nitrogens with zero attached hydrogens (tertiary/aromatic N) is 1. The summed E-state index contributed by atoms with van der Waals surface area (Å²) in [5.74, 6) is 0.364. The maximum absolute atomic E-state index is 12.5. The second-order valence-corrected chi connectivity index (χ2v) is 6.41. The summed E-state index contributed by atoms with van der Waals surface area (Å²) in [7, 11) is 0. The maximum atomic E-state index is 12.5. The fourth-order valence-electron chi connectivity index (χ4n) is 2.75. The Morgan fingerprint density at radius 1 is 1.04 bits per heavy atom. The van der Waals surface area contributed by atoms with Gasteiger partial charge in [0, 0.05) is 21.8 Å². The molecule has 0 atom stereocenters. The van der Waals surface area contributed by atoms with E-state index in [1.165, 1.54) is 0 Å². The molecule has 4 rings (SSSR count). The van der Waals surface area contributed by atoms with Crippen LogP contribution in [0.5, 0.6) is 0 Å². The van der Waals surface area contributed by atoms with E-state index in [-0.39, 0.29) is 5.91 Å². The Kier molecular flexibility index (Phi) is 4.19. The molecule has 128 valence electrons. The summed E-state index contributed by atoms with van der Waals surface area (Å²) in [5.41, 5.74) is 4.42. The number of carbonyl (C=O) groups excluding carboxylic acids is 1. The van der Waals surface area contributed by atoms with E-state index in [9.17, 15) is 4.79 Å². The fourth-order valence-corrected chi connectivity index (χ4v) is 2.87. The van der Waals surface area contributed by atoms with Gasteiger partial charge in [0.05, 0.1) is 0 Å². The highest BCUT2D eigenvalue weighted by Gasteiger charge is 2.12. The third-order valence-electron chi connectivity index (χ3n) is 4.13. The Morgan fingerprint density at radius 3 is 2.58 bits per heavy atom. The van der Waals surface area contributed by atoms with Crippen molar-refractivity contribution in [3.8, 4) is 11.5 Å². The molecule has 0 aliphatic heterocycles. The van der Waals surface area contributed by atoms with Gasteiger partial charge in [-0.25, -0.2) is 4.98 Å². The first-order valence-corrected chi connectivity index (χ1v) is 8.51. The van der Waals surface area contributed by atoms with Gasteiger partial charge in [0.1, 0.15) is 5.52 Å². The number of carbonyl (C=O) groups is 1. The molecule has 1 aromatic heterocycles. The zero-order chi connectivity index (χ0) is 18.1. The van der Waals surface area contributed by atoms with Crippen LogP contribution in [0.4, 0.5) is 5.69 Å². The van der Waals surface area contributed by atoms with Crippen molar-refractivity contribution in [3.05, 3.63) is 82.9 Å². The van der Waals surface area contributed by atoms with E-state index in [1.807, 2.05) is 37.3 Å². The molecule has 0 saturated heterocycles. The van der Waals surface area contributed by atoms with Crippen LogP contribution in [0, 0.1) is 6.92 Å². The minimum atomic E-state index is -0.149. The average molecular weight is 363 g/mol. The molecule has 5 heteroatoms. The van der Waals surface area contributed by atoms with Gasteiger partial charge >= 0.3 is 0 Å². The Hall–Kier alpha value is -3.11. The van der Waals surface area contributed by atoms with E-state index < -0.39 is 0 Å². The molecule has 1 amide bonds. The summed E-state index contributed by atoms with van der Waals surface area (Å²) in [6.45, 7) is 1.91. The minimum absolute atomic E-state index is 0.149. The Balaban J connectivity index is 1.62. The summed E-state index contributed by atoms with van der Waals surface area (Å²) in [5, 5.41) is 3.57. The molecule has 3 aromatic carbocycles. The first-order valence-electron chi connectivity index (χ1n) is 8.14. The van der Waals surface area contributed by atoms with E-state index in [0.29, 0.717) is 33.3 Å². The van der Waals surface area contributed by atoms with Crippen molar-refractivity contribution in [1.29, 1.82) is 0 Å². The molecule has 4 nitrogen and oxygen atoms in total. The molecule has 0 spiro atoms. The van der Waals surface area contributed by atoms with Crippen molar-refractivity contribution in [2.24, 2.45) is 0 Å². The highest BCUT2D eigenvalue weighted by atomic mass is 35.5. The number of aromatic nitrogens is 1. The summed E-state index contributed by atoms with van der Waals surface area (Å²) in [6, 6.07) is 20.2. The van der Waals surface area contributed by atoms with E-state index in [2.05, 4.69) is 10.3 Å². The topological polar surface area (TPSA) is 55.1 Å². The Morgan fingerprint density at radius 2 is 1.81 bits per heavy atom. The van der Waals surface area contributed by atoms with Crippen LogP contribution in [-0.4, -0.2) is 10.9 Å². The average Bonchev–Trinajstić information content (AvgIpc) is 3.06. The number of oxazole rings is 1. The molecule has 1 heterocycles. The highest BCUT2D eigenvalue weighted by molar-refractivity contribution is 6.30. The summed E-state index contributed by atoms with van der Waals surface area (Å²) < 4.78 is 5.79. The molecule has 0 aliphatic carbocycles. The van der Waals surface area contributed by atoms with Crippen LogP contribution in [-0.2, 0) is 0 Å². The van der Waals surface area contributed by atoms with Crippen molar-refractivity contribution in [2.45, 2.75) is 6.92 Å². The van der Waals surface area contributed by atoms with E-state index >= 15 is 0 Å². The Bertz CT molecular complexity index is 1100. The molecule has 0 unspecified atom stereocenters. The number of amides is 1. The van der Waals surface area contributed by atoms with Gasteiger partial charge in [-0.15, -0.1) is 0 Å². The second-order valence-electron chi connectivity index (χ2n) is 5.98. The number of fused-ring (bicyclic) bond motifs is 1. The van der Waals surface area contributed by atoms with Crippen LogP contribution in [0.3, 0.4) is 0 Å². The lowest BCUT2D eigenvalue weighted by molar-refractivity contribution is 0.102. The third kappa shape index (κ3) is 3.19. The summed E-state index contributed by atoms with van der Waals surface area (Å²) >= 11 is 5.92. The normalized spacial score (nSPS) is 10.8. The zero-order valence-electron chi connectivity index (χ0n) is 14.0. The van der Waals surface area contributed by atoms with Crippen LogP contribution in [0.1, 0.15) is 15.9 Å². The standard InChI is InChI=1S/C21H15ClN2O2/c1-13-4-2-3-5-17(13)20(25)23-16-10-11-19-18(12-16)24-21(26-19)14-6-8-15(22)9-7-14/h2-12H,1H3,(H,23,25). The monoisotopic (exact) mass is 362 g/mol. The molecular formula is C21H15ClN2O2. The first-order chi connectivity index (χ1) is 12.6. The molecule has 26 heavy (non-hydrogen) atoms. The third-order valence-corrected chi connectivity index (χ3v) is 4.38. The number of hydrogen-bond acceptors (Lipinski definition) is 3. The largest absolute Gasteiger partial charge is 0.436 e. The maximum Gasteiger partial charge on any atom is 0.255 e. The van der Waals surface area contributed by atoms with Crippen molar-refractivity contribution < 1.29 is 9.21 Å². The number of hydrogen-bond donors (Lipinski definition) is 1. The van der Waals surface area contributed by atoms with Crippen molar-refractivity contribution in [2.75, 3.05) is 5.32 Å². The van der Waals surface area contributed by atoms with Gasteiger partial charge < -0.3 is 9.73 Å². The van der Waals surface area contributed by atoms with E-state index in [0.717, 1.165) is 11.1 Å². The van der Waals surface area contributed by atoms with Gasteiger partial charge in [0.2, 0.25) is 5.89 Å². The molecule has 0 bridgehead atoms. The highest BCUT2D eigenvalue weighted by Crippen LogP contribution is 2.27. The van der Waals surface area contributed by atoms with E-state index in [1.54, 1.807) is 36.4 Å². The van der Waals surface area contributed by atoms with E-state index in [4.69, 9.17) is 16.0 Å². The van der Waals surface area contributed by atoms with Gasteiger partial charge in [0.15, 0.2) is 5.58 Å². The fraction of sp³-hybridized carbons (Fsp3) is 0.0476. The number of rotatable bonds is 3. The van der Waals surface area contributed by atoms with Crippen molar-refractivity contribution >= 4 is 34.3 Å². The number of nitrogens with one attached hydrogen (secondary N) is 1. The molecular weight excluding hydrogens is 348 g/mol. The summed E-state index contributed by atoms with van der Waals surface area (Å²) in [4.78, 5) is 17.0. The molecule has 0 aliphatic rings. The quantitative estimate of drug-likeness (QED) is 0.508. The van der Waals surface area contributed by atoms with Crippen molar-refractivity contribution in [3.63, 3.8) is 0 Å². The number of anilines is 1. The molecule has 0 fully saturated rings. The number of halogens is 1. The lowest BCUT2D eigenvalue weighted by atomic mass is 10.1. The van der Waals surface area contributed by atoms with Crippen LogP contribution in [0.15, 0.2) is 71.1 Å². The zero-order valence-corrected chi connectivity index (χ0v) is 14.7. The van der Waals surface area contributed by atoms with Crippen LogP contribution < -0.4 is 5.32 Å². The molecule has 4 aromatic rings. The predicted molar refractivity (Wildman–Crippen MR) is 104 cm³/mol. The van der Waals surface area contributed by atoms with Gasteiger partial charge in [-0.05, 0) is 61.0 Å². The molecule has 1 N–H and O–H groups in total. The SMILES string of the molecule is Cc1ccccc1C(=O)Nc1ccc2oc(-c3ccc(Cl)cc3)nc2c1. The molecule has 0 radical (unpaired) electrons. The van der Waals surface area contributed by atoms with Crippen LogP contribution in [0.2, 0.25) is 5.02 Å². The smallest absolute Gasteiger partial charge is 0.255 e. The lowest BCUT2D eigenvalue weighted by Gasteiger charge is -2.07. The summed E-state index contributed by atoms with van der Waals surface area (Å²) in [6.07, 6.45) is 0. The Labute approximate surface area is 155 Å². The van der Waals surface area contributed by atoms with Gasteiger partial charge in [-0.1, -0.05) is 29.8 Å². The van der Waals surface area contributed by atoms with Crippen molar-refractivity contribution in [1.82, 2.24) is 4.98 Å². The second kappa shape index (κ2) is 6.65. The number of benzene rings is 3. The number of aryl methyl sites for hydroxylation is 1. The predicted octanol–water partition coefficient (Wildman–Crippen LogP) is 5.71. The van der Waals surface area contributed by atoms with Crippen LogP contribution in [0.25, 0.3) is 22.6 Å². The first kappa shape index (κ1) is 16.4. The minimum Gasteiger partial charge on any atom is -0.436 e.